The fraction of sp³-hybridized carbons (Fsp3) is 0.350. The molecule has 0 fully saturated rings. The fourth-order valence-electron chi connectivity index (χ4n) is 2.79. The minimum atomic E-state index is -0.425. The molecule has 0 aliphatic carbocycles. The second kappa shape index (κ2) is 9.08. The Bertz CT molecular complexity index is 687. The van der Waals surface area contributed by atoms with Crippen LogP contribution in [-0.2, 0) is 16.0 Å². The summed E-state index contributed by atoms with van der Waals surface area (Å²) in [7, 11) is 6.58. The van der Waals surface area contributed by atoms with Gasteiger partial charge in [-0.1, -0.05) is 36.4 Å². The summed E-state index contributed by atoms with van der Waals surface area (Å²) in [5, 5.41) is 0. The van der Waals surface area contributed by atoms with E-state index in [0.29, 0.717) is 18.0 Å². The first kappa shape index (κ1) is 18.8. The Morgan fingerprint density at radius 2 is 1.68 bits per heavy atom. The molecule has 0 aliphatic heterocycles. The Kier molecular flexibility index (Phi) is 6.83. The number of carbonyl (C=O) groups is 1. The van der Waals surface area contributed by atoms with Gasteiger partial charge in [-0.25, -0.2) is 4.79 Å². The van der Waals surface area contributed by atoms with Crippen molar-refractivity contribution in [1.29, 1.82) is 0 Å². The molecule has 0 radical (unpaired) electrons. The molecule has 2 rings (SSSR count). The second-order valence-corrected chi connectivity index (χ2v) is 5.76. The summed E-state index contributed by atoms with van der Waals surface area (Å²) in [6.45, 7) is 0.699. The predicted molar refractivity (Wildman–Crippen MR) is 97.1 cm³/mol. The second-order valence-electron chi connectivity index (χ2n) is 5.76. The molecular weight excluding hydrogens is 318 g/mol. The molecule has 1 atom stereocenters. The third kappa shape index (κ3) is 4.73. The normalized spacial score (nSPS) is 11.9. The van der Waals surface area contributed by atoms with Gasteiger partial charge in [0, 0.05) is 6.54 Å². The number of esters is 1. The maximum absolute atomic E-state index is 12.2. The monoisotopic (exact) mass is 343 g/mol. The van der Waals surface area contributed by atoms with E-state index in [1.54, 1.807) is 14.2 Å². The molecule has 0 spiro atoms. The lowest BCUT2D eigenvalue weighted by Gasteiger charge is -2.26. The van der Waals surface area contributed by atoms with E-state index in [2.05, 4.69) is 0 Å². The van der Waals surface area contributed by atoms with Crippen molar-refractivity contribution >= 4 is 5.97 Å². The van der Waals surface area contributed by atoms with Crippen LogP contribution in [0, 0.1) is 0 Å². The van der Waals surface area contributed by atoms with Crippen LogP contribution in [0.15, 0.2) is 48.5 Å². The van der Waals surface area contributed by atoms with Crippen molar-refractivity contribution < 1.29 is 19.0 Å². The number of hydrogen-bond acceptors (Lipinski definition) is 5. The average molecular weight is 343 g/mol. The number of benzene rings is 2. The third-order valence-electron chi connectivity index (χ3n) is 4.18. The molecular formula is C20H25NO4. The Morgan fingerprint density at radius 1 is 1.00 bits per heavy atom. The van der Waals surface area contributed by atoms with Crippen molar-refractivity contribution in [3.8, 4) is 11.5 Å². The molecule has 2 aromatic rings. The van der Waals surface area contributed by atoms with Gasteiger partial charge in [0.25, 0.3) is 0 Å². The van der Waals surface area contributed by atoms with Gasteiger partial charge in [-0.2, -0.15) is 0 Å². The molecule has 0 aromatic heterocycles. The first-order chi connectivity index (χ1) is 12.1. The highest BCUT2D eigenvalue weighted by Gasteiger charge is 2.25. The van der Waals surface area contributed by atoms with E-state index in [4.69, 9.17) is 14.2 Å². The van der Waals surface area contributed by atoms with Crippen LogP contribution in [0.25, 0.3) is 0 Å². The van der Waals surface area contributed by atoms with Gasteiger partial charge in [-0.05, 0) is 36.7 Å². The lowest BCUT2D eigenvalue weighted by atomic mass is 10.0. The maximum atomic E-state index is 12.2. The van der Waals surface area contributed by atoms with E-state index in [9.17, 15) is 4.79 Å². The van der Waals surface area contributed by atoms with Crippen molar-refractivity contribution in [3.05, 3.63) is 59.7 Å². The summed E-state index contributed by atoms with van der Waals surface area (Å²) < 4.78 is 15.6. The quantitative estimate of drug-likeness (QED) is 0.689. The zero-order chi connectivity index (χ0) is 18.2. The third-order valence-corrected chi connectivity index (χ3v) is 4.18. The first-order valence-electron chi connectivity index (χ1n) is 8.14. The van der Waals surface area contributed by atoms with Gasteiger partial charge >= 0.3 is 5.97 Å². The number of ether oxygens (including phenoxy) is 3. The molecule has 5 heteroatoms. The van der Waals surface area contributed by atoms with Crippen LogP contribution in [0.5, 0.6) is 11.5 Å². The molecule has 25 heavy (non-hydrogen) atoms. The van der Waals surface area contributed by atoms with E-state index < -0.39 is 6.04 Å². The first-order valence-corrected chi connectivity index (χ1v) is 8.14. The van der Waals surface area contributed by atoms with Gasteiger partial charge < -0.3 is 14.2 Å². The summed E-state index contributed by atoms with van der Waals surface area (Å²) in [6, 6.07) is 15.1. The standard InChI is InChI=1S/C20H25NO4/c1-21(19(20(22)25-4)16-8-6-5-7-9-16)13-12-15-10-11-17(23-2)18(14-15)24-3/h5-11,14,19H,12-13H2,1-4H3. The van der Waals surface area contributed by atoms with Gasteiger partial charge in [-0.3, -0.25) is 4.90 Å². The Balaban J connectivity index is 2.11. The zero-order valence-corrected chi connectivity index (χ0v) is 15.2. The summed E-state index contributed by atoms with van der Waals surface area (Å²) in [4.78, 5) is 14.2. The molecule has 5 nitrogen and oxygen atoms in total. The minimum absolute atomic E-state index is 0.263. The smallest absolute Gasteiger partial charge is 0.327 e. The summed E-state index contributed by atoms with van der Waals surface area (Å²) in [5.41, 5.74) is 2.03. The van der Waals surface area contributed by atoms with Crippen LogP contribution in [-0.4, -0.2) is 45.8 Å². The van der Waals surface area contributed by atoms with Crippen molar-refractivity contribution in [2.24, 2.45) is 0 Å². The van der Waals surface area contributed by atoms with E-state index in [-0.39, 0.29) is 5.97 Å². The summed E-state index contributed by atoms with van der Waals surface area (Å²) in [6.07, 6.45) is 0.775. The van der Waals surface area contributed by atoms with E-state index in [1.807, 2.05) is 60.5 Å². The van der Waals surface area contributed by atoms with Crippen LogP contribution in [0.2, 0.25) is 0 Å². The average Bonchev–Trinajstić information content (AvgIpc) is 2.66. The Morgan fingerprint density at radius 3 is 2.28 bits per heavy atom. The molecule has 0 aliphatic rings. The van der Waals surface area contributed by atoms with E-state index in [0.717, 1.165) is 17.5 Å². The van der Waals surface area contributed by atoms with Crippen molar-refractivity contribution in [2.45, 2.75) is 12.5 Å². The van der Waals surface area contributed by atoms with Gasteiger partial charge in [-0.15, -0.1) is 0 Å². The minimum Gasteiger partial charge on any atom is -0.493 e. The van der Waals surface area contributed by atoms with Gasteiger partial charge in [0.15, 0.2) is 11.5 Å². The number of likely N-dealkylation sites (N-methyl/N-ethyl adjacent to an activating group) is 1. The molecule has 0 bridgehead atoms. The van der Waals surface area contributed by atoms with Crippen molar-refractivity contribution in [1.82, 2.24) is 4.90 Å². The SMILES string of the molecule is COC(=O)C(c1ccccc1)N(C)CCc1ccc(OC)c(OC)c1. The van der Waals surface area contributed by atoms with Crippen LogP contribution >= 0.6 is 0 Å². The molecule has 2 aromatic carbocycles. The molecule has 0 amide bonds. The Hall–Kier alpha value is -2.53. The Labute approximate surface area is 149 Å². The predicted octanol–water partition coefficient (Wildman–Crippen LogP) is 3.09. The largest absolute Gasteiger partial charge is 0.493 e. The maximum Gasteiger partial charge on any atom is 0.327 e. The molecule has 0 N–H and O–H groups in total. The van der Waals surface area contributed by atoms with Gasteiger partial charge in [0.1, 0.15) is 6.04 Å². The van der Waals surface area contributed by atoms with Crippen LogP contribution in [0.1, 0.15) is 17.2 Å². The molecule has 0 saturated heterocycles. The van der Waals surface area contributed by atoms with Crippen molar-refractivity contribution in [3.63, 3.8) is 0 Å². The highest BCUT2D eigenvalue weighted by Crippen LogP contribution is 2.28. The van der Waals surface area contributed by atoms with Crippen LogP contribution < -0.4 is 9.47 Å². The molecule has 0 saturated carbocycles. The fourth-order valence-corrected chi connectivity index (χ4v) is 2.79. The van der Waals surface area contributed by atoms with Gasteiger partial charge in [0.2, 0.25) is 0 Å². The lowest BCUT2D eigenvalue weighted by Crippen LogP contribution is -2.33. The summed E-state index contributed by atoms with van der Waals surface area (Å²) >= 11 is 0. The van der Waals surface area contributed by atoms with Crippen LogP contribution in [0.3, 0.4) is 0 Å². The zero-order valence-electron chi connectivity index (χ0n) is 15.2. The number of methoxy groups -OCH3 is 3. The molecule has 0 heterocycles. The summed E-state index contributed by atoms with van der Waals surface area (Å²) in [5.74, 6) is 1.15. The topological polar surface area (TPSA) is 48.0 Å². The van der Waals surface area contributed by atoms with Gasteiger partial charge in [0.05, 0.1) is 21.3 Å². The molecule has 134 valence electrons. The highest BCUT2D eigenvalue weighted by atomic mass is 16.5. The van der Waals surface area contributed by atoms with Crippen LogP contribution in [0.4, 0.5) is 0 Å². The number of hydrogen-bond donors (Lipinski definition) is 0. The molecule has 1 unspecified atom stereocenters. The van der Waals surface area contributed by atoms with Crippen molar-refractivity contribution in [2.75, 3.05) is 34.9 Å². The highest BCUT2D eigenvalue weighted by molar-refractivity contribution is 5.77. The van der Waals surface area contributed by atoms with E-state index in [1.165, 1.54) is 7.11 Å². The van der Waals surface area contributed by atoms with E-state index >= 15 is 0 Å². The number of rotatable bonds is 8. The number of carbonyl (C=O) groups excluding carboxylic acids is 1. The lowest BCUT2D eigenvalue weighted by molar-refractivity contribution is -0.146. The number of nitrogens with zero attached hydrogens (tertiary/aromatic N) is 1.